The van der Waals surface area contributed by atoms with Gasteiger partial charge in [0, 0.05) is 12.3 Å². The number of rotatable bonds is 4. The Hall–Kier alpha value is -1.73. The average molecular weight is 292 g/mol. The van der Waals surface area contributed by atoms with Crippen LogP contribution in [0.25, 0.3) is 11.0 Å². The maximum absolute atomic E-state index is 12.0. The minimum atomic E-state index is -0.569. The molecule has 1 aliphatic rings. The van der Waals surface area contributed by atoms with E-state index in [0.29, 0.717) is 23.9 Å². The van der Waals surface area contributed by atoms with Gasteiger partial charge in [0.2, 0.25) is 0 Å². The van der Waals surface area contributed by atoms with E-state index in [9.17, 15) is 15.0 Å². The first-order valence-electron chi connectivity index (χ1n) is 7.40. The Morgan fingerprint density at radius 1 is 1.48 bits per heavy atom. The van der Waals surface area contributed by atoms with Gasteiger partial charge < -0.3 is 15.2 Å². The molecule has 1 saturated carbocycles. The molecule has 0 spiro atoms. The van der Waals surface area contributed by atoms with E-state index in [1.807, 2.05) is 13.0 Å². The molecule has 2 heterocycles. The van der Waals surface area contributed by atoms with Crippen molar-refractivity contribution in [2.45, 2.75) is 44.8 Å². The summed E-state index contributed by atoms with van der Waals surface area (Å²) in [6.45, 7) is 2.10. The van der Waals surface area contributed by atoms with Crippen molar-refractivity contribution in [1.82, 2.24) is 20.0 Å². The molecule has 0 aliphatic heterocycles. The standard InChI is InChI=1S/C14H20N4O3/c1-2-3-9-6-11-13(14(21)15-9)16-17-18(11)10-4-8(7-19)5-12(10)20/h6,8,10,12,19-20H,2-5,7H2,1H3,(H,15,21). The van der Waals surface area contributed by atoms with Crippen LogP contribution in [0, 0.1) is 5.92 Å². The van der Waals surface area contributed by atoms with Gasteiger partial charge in [0.1, 0.15) is 0 Å². The zero-order chi connectivity index (χ0) is 15.0. The van der Waals surface area contributed by atoms with Gasteiger partial charge in [-0.05, 0) is 31.2 Å². The van der Waals surface area contributed by atoms with Gasteiger partial charge in [0.05, 0.1) is 17.7 Å². The summed E-state index contributed by atoms with van der Waals surface area (Å²) in [5.41, 5.74) is 1.57. The van der Waals surface area contributed by atoms with E-state index in [-0.39, 0.29) is 24.1 Å². The van der Waals surface area contributed by atoms with E-state index in [1.54, 1.807) is 4.68 Å². The number of aryl methyl sites for hydroxylation is 1. The molecule has 3 atom stereocenters. The number of aliphatic hydroxyl groups is 2. The zero-order valence-electron chi connectivity index (χ0n) is 12.0. The lowest BCUT2D eigenvalue weighted by molar-refractivity contribution is 0.127. The van der Waals surface area contributed by atoms with Crippen molar-refractivity contribution < 1.29 is 10.2 Å². The van der Waals surface area contributed by atoms with Crippen molar-refractivity contribution in [2.75, 3.05) is 6.61 Å². The van der Waals surface area contributed by atoms with E-state index in [2.05, 4.69) is 15.3 Å². The second-order valence-corrected chi connectivity index (χ2v) is 5.80. The number of H-pyrrole nitrogens is 1. The molecule has 0 aromatic carbocycles. The van der Waals surface area contributed by atoms with Crippen LogP contribution in [0.1, 0.15) is 37.9 Å². The highest BCUT2D eigenvalue weighted by atomic mass is 16.3. The van der Waals surface area contributed by atoms with Crippen molar-refractivity contribution in [2.24, 2.45) is 5.92 Å². The van der Waals surface area contributed by atoms with Crippen molar-refractivity contribution >= 4 is 11.0 Å². The van der Waals surface area contributed by atoms with Crippen LogP contribution in [-0.4, -0.2) is 42.9 Å². The Labute approximate surface area is 121 Å². The lowest BCUT2D eigenvalue weighted by Gasteiger charge is -2.15. The molecule has 1 aliphatic carbocycles. The molecule has 7 heteroatoms. The molecule has 0 radical (unpaired) electrons. The Morgan fingerprint density at radius 3 is 2.95 bits per heavy atom. The largest absolute Gasteiger partial charge is 0.396 e. The molecule has 0 amide bonds. The summed E-state index contributed by atoms with van der Waals surface area (Å²) in [6, 6.07) is 1.66. The number of pyridine rings is 1. The van der Waals surface area contributed by atoms with Crippen molar-refractivity contribution in [3.63, 3.8) is 0 Å². The summed E-state index contributed by atoms with van der Waals surface area (Å²) in [5, 5.41) is 27.4. The number of aromatic amines is 1. The molecule has 0 saturated heterocycles. The Morgan fingerprint density at radius 2 is 2.29 bits per heavy atom. The molecule has 3 unspecified atom stereocenters. The number of nitrogens with zero attached hydrogens (tertiary/aromatic N) is 3. The SMILES string of the molecule is CCCc1cc2c(nnn2C2CC(CO)CC2O)c(=O)[nH]1. The van der Waals surface area contributed by atoms with Crippen LogP contribution in [-0.2, 0) is 6.42 Å². The molecular formula is C14H20N4O3. The van der Waals surface area contributed by atoms with Crippen LogP contribution in [0.5, 0.6) is 0 Å². The van der Waals surface area contributed by atoms with Gasteiger partial charge in [-0.3, -0.25) is 4.79 Å². The van der Waals surface area contributed by atoms with E-state index in [1.165, 1.54) is 0 Å². The van der Waals surface area contributed by atoms with Gasteiger partial charge in [-0.15, -0.1) is 5.10 Å². The van der Waals surface area contributed by atoms with Gasteiger partial charge in [-0.1, -0.05) is 18.6 Å². The summed E-state index contributed by atoms with van der Waals surface area (Å²) in [7, 11) is 0. The summed E-state index contributed by atoms with van der Waals surface area (Å²) < 4.78 is 1.64. The molecular weight excluding hydrogens is 272 g/mol. The summed E-state index contributed by atoms with van der Waals surface area (Å²) in [6.07, 6.45) is 2.34. The van der Waals surface area contributed by atoms with Gasteiger partial charge >= 0.3 is 0 Å². The number of fused-ring (bicyclic) bond motifs is 1. The number of hydrogen-bond acceptors (Lipinski definition) is 5. The first-order chi connectivity index (χ1) is 10.1. The predicted octanol–water partition coefficient (Wildman–Crippen LogP) is 0.376. The van der Waals surface area contributed by atoms with Gasteiger partial charge in [-0.2, -0.15) is 0 Å². The average Bonchev–Trinajstić information content (AvgIpc) is 3.02. The summed E-state index contributed by atoms with van der Waals surface area (Å²) >= 11 is 0. The molecule has 0 bridgehead atoms. The second-order valence-electron chi connectivity index (χ2n) is 5.80. The Bertz CT molecular complexity index is 693. The smallest absolute Gasteiger partial charge is 0.278 e. The molecule has 3 rings (SSSR count). The lowest BCUT2D eigenvalue weighted by Crippen LogP contribution is -2.20. The zero-order valence-corrected chi connectivity index (χ0v) is 12.0. The quantitative estimate of drug-likeness (QED) is 0.755. The highest BCUT2D eigenvalue weighted by Crippen LogP contribution is 2.35. The first-order valence-corrected chi connectivity index (χ1v) is 7.40. The van der Waals surface area contributed by atoms with Crippen LogP contribution < -0.4 is 5.56 Å². The highest BCUT2D eigenvalue weighted by Gasteiger charge is 2.35. The van der Waals surface area contributed by atoms with Crippen LogP contribution in [0.4, 0.5) is 0 Å². The maximum Gasteiger partial charge on any atom is 0.278 e. The van der Waals surface area contributed by atoms with Crippen molar-refractivity contribution in [3.8, 4) is 0 Å². The molecule has 1 fully saturated rings. The van der Waals surface area contributed by atoms with Gasteiger partial charge in [0.15, 0.2) is 5.52 Å². The Kier molecular flexibility index (Phi) is 3.77. The van der Waals surface area contributed by atoms with E-state index >= 15 is 0 Å². The fourth-order valence-electron chi connectivity index (χ4n) is 3.16. The molecule has 7 nitrogen and oxygen atoms in total. The predicted molar refractivity (Wildman–Crippen MR) is 77.0 cm³/mol. The normalized spacial score (nSPS) is 25.8. The molecule has 2 aromatic heterocycles. The third-order valence-corrected chi connectivity index (χ3v) is 4.22. The monoisotopic (exact) mass is 292 g/mol. The molecule has 21 heavy (non-hydrogen) atoms. The highest BCUT2D eigenvalue weighted by molar-refractivity contribution is 5.73. The summed E-state index contributed by atoms with van der Waals surface area (Å²) in [5.74, 6) is 0.0707. The van der Waals surface area contributed by atoms with Gasteiger partial charge in [-0.25, -0.2) is 4.68 Å². The summed E-state index contributed by atoms with van der Waals surface area (Å²) in [4.78, 5) is 14.8. The van der Waals surface area contributed by atoms with Crippen LogP contribution in [0.15, 0.2) is 10.9 Å². The minimum absolute atomic E-state index is 0.0574. The van der Waals surface area contributed by atoms with E-state index in [4.69, 9.17) is 0 Å². The fourth-order valence-corrected chi connectivity index (χ4v) is 3.16. The van der Waals surface area contributed by atoms with Crippen LogP contribution in [0.2, 0.25) is 0 Å². The topological polar surface area (TPSA) is 104 Å². The van der Waals surface area contributed by atoms with Crippen LogP contribution >= 0.6 is 0 Å². The number of aromatic nitrogens is 4. The number of nitrogens with one attached hydrogen (secondary N) is 1. The number of aliphatic hydroxyl groups excluding tert-OH is 2. The van der Waals surface area contributed by atoms with Crippen molar-refractivity contribution in [1.29, 1.82) is 0 Å². The number of hydrogen-bond donors (Lipinski definition) is 3. The minimum Gasteiger partial charge on any atom is -0.396 e. The van der Waals surface area contributed by atoms with Gasteiger partial charge in [0.25, 0.3) is 5.56 Å². The lowest BCUT2D eigenvalue weighted by atomic mass is 10.1. The second kappa shape index (κ2) is 5.57. The fraction of sp³-hybridized carbons (Fsp3) is 0.643. The third-order valence-electron chi connectivity index (χ3n) is 4.22. The van der Waals surface area contributed by atoms with E-state index in [0.717, 1.165) is 18.5 Å². The third kappa shape index (κ3) is 2.47. The van der Waals surface area contributed by atoms with Crippen LogP contribution in [0.3, 0.4) is 0 Å². The molecule has 114 valence electrons. The maximum atomic E-state index is 12.0. The molecule has 3 N–H and O–H groups in total. The molecule has 2 aromatic rings. The van der Waals surface area contributed by atoms with E-state index < -0.39 is 6.10 Å². The Balaban J connectivity index is 2.05. The first kappa shape index (κ1) is 14.2. The van der Waals surface area contributed by atoms with Crippen molar-refractivity contribution in [3.05, 3.63) is 22.1 Å².